The highest BCUT2D eigenvalue weighted by Gasteiger charge is 2.19. The number of carboxylic acid groups (broad SMARTS) is 1. The van der Waals surface area contributed by atoms with Crippen LogP contribution in [-0.4, -0.2) is 23.9 Å². The lowest BCUT2D eigenvalue weighted by molar-refractivity contribution is -0.136. The van der Waals surface area contributed by atoms with Crippen LogP contribution >= 0.6 is 22.7 Å². The van der Waals surface area contributed by atoms with Crippen LogP contribution in [0.5, 0.6) is 5.75 Å². The van der Waals surface area contributed by atoms with Crippen molar-refractivity contribution in [3.63, 3.8) is 0 Å². The average molecular weight is 426 g/mol. The SMILES string of the molecule is CC1=C(COc2ccc(CCC(=O)O)c(F)c2F)C=N[SH]1c1ccc(Cl)cc1. The Bertz CT molecular complexity index is 961. The first-order valence-electron chi connectivity index (χ1n) is 8.47. The van der Waals surface area contributed by atoms with Crippen molar-refractivity contribution >= 4 is 34.9 Å². The molecule has 3 rings (SSSR count). The Morgan fingerprint density at radius 3 is 2.57 bits per heavy atom. The Balaban J connectivity index is 1.70. The molecule has 0 aromatic heterocycles. The molecule has 2 aromatic carbocycles. The minimum absolute atomic E-state index is 0.0105. The second kappa shape index (κ2) is 8.75. The molecule has 0 amide bonds. The summed E-state index contributed by atoms with van der Waals surface area (Å²) in [5.74, 6) is -3.47. The van der Waals surface area contributed by atoms with Crippen molar-refractivity contribution in [1.29, 1.82) is 0 Å². The lowest BCUT2D eigenvalue weighted by atomic mass is 10.1. The van der Waals surface area contributed by atoms with E-state index in [1.807, 2.05) is 19.1 Å². The summed E-state index contributed by atoms with van der Waals surface area (Å²) in [6, 6.07) is 10.1. The van der Waals surface area contributed by atoms with Gasteiger partial charge in [-0.3, -0.25) is 4.79 Å². The van der Waals surface area contributed by atoms with Gasteiger partial charge in [-0.15, -0.1) is 11.1 Å². The van der Waals surface area contributed by atoms with E-state index in [1.54, 1.807) is 18.3 Å². The molecule has 4 nitrogen and oxygen atoms in total. The van der Waals surface area contributed by atoms with Gasteiger partial charge in [-0.1, -0.05) is 17.7 Å². The van der Waals surface area contributed by atoms with Gasteiger partial charge in [0.2, 0.25) is 5.82 Å². The second-order valence-corrected chi connectivity index (χ2v) is 8.65. The van der Waals surface area contributed by atoms with Gasteiger partial charge < -0.3 is 9.84 Å². The minimum Gasteiger partial charge on any atom is -0.486 e. The van der Waals surface area contributed by atoms with Gasteiger partial charge in [-0.05, 0) is 54.1 Å². The van der Waals surface area contributed by atoms with Crippen LogP contribution in [0.1, 0.15) is 18.9 Å². The number of benzene rings is 2. The van der Waals surface area contributed by atoms with Crippen LogP contribution in [0.15, 0.2) is 56.2 Å². The van der Waals surface area contributed by atoms with E-state index in [-0.39, 0.29) is 30.8 Å². The molecule has 0 fully saturated rings. The Hall–Kier alpha value is -2.38. The average Bonchev–Trinajstić information content (AvgIpc) is 3.03. The third-order valence-corrected chi connectivity index (χ3v) is 6.61. The number of hydrogen-bond acceptors (Lipinski definition) is 3. The third-order valence-electron chi connectivity index (χ3n) is 4.30. The quantitative estimate of drug-likeness (QED) is 0.588. The first kappa shape index (κ1) is 20.4. The summed E-state index contributed by atoms with van der Waals surface area (Å²) < 4.78 is 38.3. The van der Waals surface area contributed by atoms with Crippen molar-refractivity contribution < 1.29 is 23.4 Å². The molecule has 2 aromatic rings. The van der Waals surface area contributed by atoms with E-state index in [9.17, 15) is 13.6 Å². The summed E-state index contributed by atoms with van der Waals surface area (Å²) in [6.45, 7) is 2.00. The van der Waals surface area contributed by atoms with E-state index in [0.29, 0.717) is 5.02 Å². The first-order chi connectivity index (χ1) is 13.4. The maximum atomic E-state index is 14.2. The number of halogens is 3. The summed E-state index contributed by atoms with van der Waals surface area (Å²) in [7, 11) is 0. The van der Waals surface area contributed by atoms with E-state index in [1.165, 1.54) is 12.1 Å². The van der Waals surface area contributed by atoms with Crippen LogP contribution in [0.4, 0.5) is 8.78 Å². The summed E-state index contributed by atoms with van der Waals surface area (Å²) in [5, 5.41) is 9.32. The molecular formula is C20H18ClF2NO3S. The molecule has 1 atom stereocenters. The molecule has 0 saturated heterocycles. The smallest absolute Gasteiger partial charge is 0.303 e. The Morgan fingerprint density at radius 1 is 1.18 bits per heavy atom. The van der Waals surface area contributed by atoms with Gasteiger partial charge in [0.1, 0.15) is 6.61 Å². The van der Waals surface area contributed by atoms with Crippen LogP contribution in [0, 0.1) is 11.6 Å². The molecule has 8 heteroatoms. The van der Waals surface area contributed by atoms with Crippen LogP contribution in [0.3, 0.4) is 0 Å². The molecular weight excluding hydrogens is 408 g/mol. The zero-order chi connectivity index (χ0) is 20.3. The fourth-order valence-corrected chi connectivity index (χ4v) is 4.60. The van der Waals surface area contributed by atoms with Gasteiger partial charge in [0, 0.05) is 28.1 Å². The van der Waals surface area contributed by atoms with Crippen LogP contribution in [0.2, 0.25) is 5.02 Å². The van der Waals surface area contributed by atoms with E-state index >= 15 is 0 Å². The molecule has 0 aliphatic carbocycles. The molecule has 0 spiro atoms. The zero-order valence-electron chi connectivity index (χ0n) is 15.0. The third kappa shape index (κ3) is 4.54. The van der Waals surface area contributed by atoms with Crippen LogP contribution < -0.4 is 4.74 Å². The predicted molar refractivity (Wildman–Crippen MR) is 108 cm³/mol. The lowest BCUT2D eigenvalue weighted by Gasteiger charge is -2.15. The number of thiol groups is 1. The zero-order valence-corrected chi connectivity index (χ0v) is 16.6. The maximum absolute atomic E-state index is 14.2. The molecule has 0 bridgehead atoms. The molecule has 1 aliphatic rings. The van der Waals surface area contributed by atoms with Gasteiger partial charge in [-0.25, -0.2) is 8.79 Å². The number of nitrogens with zero attached hydrogens (tertiary/aromatic N) is 1. The van der Waals surface area contributed by atoms with E-state index < -0.39 is 28.7 Å². The summed E-state index contributed by atoms with van der Waals surface area (Å²) in [5.41, 5.74) is 0.826. The number of aryl methyl sites for hydroxylation is 1. The molecule has 28 heavy (non-hydrogen) atoms. The molecule has 1 unspecified atom stereocenters. The van der Waals surface area contributed by atoms with Crippen molar-refractivity contribution in [2.24, 2.45) is 4.40 Å². The second-order valence-electron chi connectivity index (χ2n) is 6.18. The van der Waals surface area contributed by atoms with E-state index in [2.05, 4.69) is 4.40 Å². The molecule has 0 radical (unpaired) electrons. The number of rotatable bonds is 7. The minimum atomic E-state index is -1.11. The fourth-order valence-electron chi connectivity index (χ4n) is 2.70. The lowest BCUT2D eigenvalue weighted by Crippen LogP contribution is -2.06. The van der Waals surface area contributed by atoms with E-state index in [0.717, 1.165) is 15.4 Å². The maximum Gasteiger partial charge on any atom is 0.303 e. The van der Waals surface area contributed by atoms with Gasteiger partial charge in [-0.2, -0.15) is 4.39 Å². The number of aliphatic carboxylic acids is 1. The molecule has 1 N–H and O–H groups in total. The van der Waals surface area contributed by atoms with Crippen molar-refractivity contribution in [3.8, 4) is 5.75 Å². The van der Waals surface area contributed by atoms with Gasteiger partial charge in [0.25, 0.3) is 0 Å². The summed E-state index contributed by atoms with van der Waals surface area (Å²) >= 11 is 5.04. The van der Waals surface area contributed by atoms with Crippen LogP contribution in [0.25, 0.3) is 0 Å². The van der Waals surface area contributed by atoms with Crippen molar-refractivity contribution in [2.75, 3.05) is 6.61 Å². The van der Waals surface area contributed by atoms with Crippen molar-refractivity contribution in [3.05, 3.63) is 69.1 Å². The van der Waals surface area contributed by atoms with Crippen LogP contribution in [-0.2, 0) is 11.2 Å². The van der Waals surface area contributed by atoms with E-state index in [4.69, 9.17) is 21.4 Å². The molecule has 0 saturated carbocycles. The van der Waals surface area contributed by atoms with Gasteiger partial charge in [0.15, 0.2) is 11.6 Å². The predicted octanol–water partition coefficient (Wildman–Crippen LogP) is 5.35. The highest BCUT2D eigenvalue weighted by atomic mass is 35.5. The Morgan fingerprint density at radius 2 is 1.89 bits per heavy atom. The van der Waals surface area contributed by atoms with Crippen molar-refractivity contribution in [1.82, 2.24) is 0 Å². The highest BCUT2D eigenvalue weighted by molar-refractivity contribution is 8.19. The fraction of sp³-hybridized carbons (Fsp3) is 0.200. The topological polar surface area (TPSA) is 58.9 Å². The molecule has 148 valence electrons. The number of ether oxygens (including phenoxy) is 1. The summed E-state index contributed by atoms with van der Waals surface area (Å²) in [6.07, 6.45) is 1.35. The summed E-state index contributed by atoms with van der Waals surface area (Å²) in [4.78, 5) is 12.7. The number of hydrogen-bond donors (Lipinski definition) is 2. The Labute approximate surface area is 169 Å². The standard InChI is InChI=1S/C20H18ClF2NO3S/c1-12-14(10-24-28(12)16-6-4-15(21)5-7-16)11-27-17-8-2-13(3-9-18(25)26)19(22)20(17)23/h2,4-8,10,28H,3,9,11H2,1H3,(H,25,26). The van der Waals surface area contributed by atoms with Gasteiger partial charge in [0.05, 0.1) is 0 Å². The van der Waals surface area contributed by atoms with Gasteiger partial charge >= 0.3 is 5.97 Å². The first-order valence-corrected chi connectivity index (χ1v) is 10.1. The highest BCUT2D eigenvalue weighted by Crippen LogP contribution is 2.49. The molecule has 1 heterocycles. The number of carboxylic acids is 1. The molecule has 1 aliphatic heterocycles. The normalized spacial score (nSPS) is 17.2. The largest absolute Gasteiger partial charge is 0.486 e. The Kier molecular flexibility index (Phi) is 6.36. The van der Waals surface area contributed by atoms with Crippen molar-refractivity contribution in [2.45, 2.75) is 24.7 Å². The number of carbonyl (C=O) groups is 1. The number of allylic oxidation sites excluding steroid dienone is 1. The monoisotopic (exact) mass is 425 g/mol.